The lowest BCUT2D eigenvalue weighted by Crippen LogP contribution is -2.31. The molecule has 0 atom stereocenters. The van der Waals surface area contributed by atoms with E-state index < -0.39 is 5.91 Å². The smallest absolute Gasteiger partial charge is 0.295 e. The standard InChI is InChI=1S/C21H20Br2N4O2/c22-15-6-4-14(5-7-15)20(28)25-24-19-17-12-16(23)8-9-18(17)27(21(19)29)13-26-10-2-1-3-11-26/h4-9,12,29H,1-3,10-11,13H2. The fraction of sp³-hybridized carbons (Fsp3) is 0.286. The zero-order valence-corrected chi connectivity index (χ0v) is 18.9. The van der Waals surface area contributed by atoms with E-state index in [2.05, 4.69) is 47.0 Å². The maximum atomic E-state index is 12.4. The summed E-state index contributed by atoms with van der Waals surface area (Å²) in [5, 5.41) is 19.7. The van der Waals surface area contributed by atoms with Crippen LogP contribution in [0.5, 0.6) is 5.88 Å². The summed E-state index contributed by atoms with van der Waals surface area (Å²) >= 11 is 6.82. The average molecular weight is 520 g/mol. The molecule has 1 aromatic heterocycles. The van der Waals surface area contributed by atoms with Crippen molar-refractivity contribution in [2.24, 2.45) is 10.2 Å². The maximum Gasteiger partial charge on any atom is 0.295 e. The van der Waals surface area contributed by atoms with Gasteiger partial charge in [-0.15, -0.1) is 10.2 Å². The second-order valence-electron chi connectivity index (χ2n) is 7.09. The minimum atomic E-state index is -0.455. The molecule has 0 radical (unpaired) electrons. The average Bonchev–Trinajstić information content (AvgIpc) is 2.98. The highest BCUT2D eigenvalue weighted by molar-refractivity contribution is 9.10. The molecule has 1 aliphatic heterocycles. The number of amides is 1. The van der Waals surface area contributed by atoms with Crippen molar-refractivity contribution >= 4 is 54.4 Å². The summed E-state index contributed by atoms with van der Waals surface area (Å²) in [6, 6.07) is 12.7. The number of aromatic hydroxyl groups is 1. The van der Waals surface area contributed by atoms with Gasteiger partial charge in [-0.2, -0.15) is 0 Å². The van der Waals surface area contributed by atoms with E-state index in [4.69, 9.17) is 0 Å². The molecule has 0 unspecified atom stereocenters. The number of rotatable bonds is 4. The molecule has 1 aliphatic rings. The summed E-state index contributed by atoms with van der Waals surface area (Å²) in [5.74, 6) is -0.431. The van der Waals surface area contributed by atoms with E-state index in [0.29, 0.717) is 17.9 Å². The van der Waals surface area contributed by atoms with E-state index in [-0.39, 0.29) is 5.88 Å². The van der Waals surface area contributed by atoms with E-state index in [1.807, 2.05) is 22.8 Å². The highest BCUT2D eigenvalue weighted by Gasteiger charge is 2.20. The number of nitrogens with zero attached hydrogens (tertiary/aromatic N) is 4. The molecule has 150 valence electrons. The minimum absolute atomic E-state index is 0.0241. The highest BCUT2D eigenvalue weighted by Crippen LogP contribution is 2.40. The van der Waals surface area contributed by atoms with E-state index in [1.54, 1.807) is 24.3 Å². The van der Waals surface area contributed by atoms with E-state index in [1.165, 1.54) is 19.3 Å². The van der Waals surface area contributed by atoms with Gasteiger partial charge in [-0.25, -0.2) is 0 Å². The molecule has 3 aromatic rings. The lowest BCUT2D eigenvalue weighted by Gasteiger charge is -2.27. The molecule has 29 heavy (non-hydrogen) atoms. The fourth-order valence-electron chi connectivity index (χ4n) is 3.58. The van der Waals surface area contributed by atoms with Crippen molar-refractivity contribution in [3.05, 3.63) is 57.0 Å². The van der Waals surface area contributed by atoms with Crippen LogP contribution in [0.2, 0.25) is 0 Å². The Morgan fingerprint density at radius 3 is 2.41 bits per heavy atom. The molecule has 6 nitrogen and oxygen atoms in total. The van der Waals surface area contributed by atoms with Gasteiger partial charge in [-0.3, -0.25) is 14.3 Å². The molecule has 1 amide bonds. The van der Waals surface area contributed by atoms with Crippen molar-refractivity contribution in [3.63, 3.8) is 0 Å². The van der Waals surface area contributed by atoms with Gasteiger partial charge in [0.05, 0.1) is 12.2 Å². The van der Waals surface area contributed by atoms with Crippen molar-refractivity contribution in [2.45, 2.75) is 25.9 Å². The number of halogens is 2. The van der Waals surface area contributed by atoms with E-state index >= 15 is 0 Å². The Bertz CT molecular complexity index is 1070. The number of likely N-dealkylation sites (tertiary alicyclic amines) is 1. The Morgan fingerprint density at radius 2 is 1.69 bits per heavy atom. The van der Waals surface area contributed by atoms with Crippen molar-refractivity contribution in [1.29, 1.82) is 0 Å². The Morgan fingerprint density at radius 1 is 1.00 bits per heavy atom. The van der Waals surface area contributed by atoms with Crippen LogP contribution in [0, 0.1) is 0 Å². The van der Waals surface area contributed by atoms with Crippen LogP contribution in [0.15, 0.2) is 61.6 Å². The van der Waals surface area contributed by atoms with Crippen LogP contribution in [0.3, 0.4) is 0 Å². The number of benzene rings is 2. The van der Waals surface area contributed by atoms with Gasteiger partial charge in [0.25, 0.3) is 5.91 Å². The van der Waals surface area contributed by atoms with Crippen LogP contribution in [0.1, 0.15) is 29.6 Å². The molecule has 2 heterocycles. The first-order valence-electron chi connectivity index (χ1n) is 9.47. The van der Waals surface area contributed by atoms with Gasteiger partial charge in [0.1, 0.15) is 0 Å². The SMILES string of the molecule is O=C(N=Nc1c(O)n(CN2CCCCC2)c2ccc(Br)cc12)c1ccc(Br)cc1. The van der Waals surface area contributed by atoms with Crippen LogP contribution in [0.4, 0.5) is 5.69 Å². The number of carbonyl (C=O) groups excluding carboxylic acids is 1. The number of aromatic nitrogens is 1. The predicted octanol–water partition coefficient (Wildman–Crippen LogP) is 6.24. The molecule has 8 heteroatoms. The van der Waals surface area contributed by atoms with Crippen LogP contribution < -0.4 is 0 Å². The summed E-state index contributed by atoms with van der Waals surface area (Å²) in [6.45, 7) is 2.60. The summed E-state index contributed by atoms with van der Waals surface area (Å²) in [4.78, 5) is 14.7. The Labute approximate surface area is 185 Å². The number of piperidine rings is 1. The number of carbonyl (C=O) groups is 1. The highest BCUT2D eigenvalue weighted by atomic mass is 79.9. The monoisotopic (exact) mass is 518 g/mol. The van der Waals surface area contributed by atoms with Gasteiger partial charge in [-0.05, 0) is 68.4 Å². The zero-order valence-electron chi connectivity index (χ0n) is 15.7. The predicted molar refractivity (Wildman–Crippen MR) is 120 cm³/mol. The van der Waals surface area contributed by atoms with Crippen molar-refractivity contribution < 1.29 is 9.90 Å². The second-order valence-corrected chi connectivity index (χ2v) is 8.93. The molecule has 0 bridgehead atoms. The van der Waals surface area contributed by atoms with Crippen molar-refractivity contribution in [1.82, 2.24) is 9.47 Å². The molecule has 1 N–H and O–H groups in total. The maximum absolute atomic E-state index is 12.4. The van der Waals surface area contributed by atoms with Gasteiger partial charge in [-0.1, -0.05) is 38.3 Å². The largest absolute Gasteiger partial charge is 0.493 e. The van der Waals surface area contributed by atoms with Gasteiger partial charge < -0.3 is 5.11 Å². The molecule has 1 saturated heterocycles. The zero-order chi connectivity index (χ0) is 20.4. The third-order valence-corrected chi connectivity index (χ3v) is 6.12. The normalized spacial score (nSPS) is 15.4. The molecule has 2 aromatic carbocycles. The van der Waals surface area contributed by atoms with Crippen molar-refractivity contribution in [2.75, 3.05) is 13.1 Å². The summed E-state index contributed by atoms with van der Waals surface area (Å²) in [7, 11) is 0. The third-order valence-electron chi connectivity index (χ3n) is 5.09. The summed E-state index contributed by atoms with van der Waals surface area (Å²) in [5.41, 5.74) is 1.61. The third kappa shape index (κ3) is 4.44. The van der Waals surface area contributed by atoms with E-state index in [9.17, 15) is 9.90 Å². The van der Waals surface area contributed by atoms with E-state index in [0.717, 1.165) is 32.9 Å². The first kappa shape index (κ1) is 20.3. The Balaban J connectivity index is 1.69. The molecule has 0 aliphatic carbocycles. The first-order chi connectivity index (χ1) is 14.0. The lowest BCUT2D eigenvalue weighted by molar-refractivity contribution is 0.0995. The van der Waals surface area contributed by atoms with Crippen LogP contribution in [-0.4, -0.2) is 33.6 Å². The Hall–Kier alpha value is -2.03. The van der Waals surface area contributed by atoms with Crippen molar-refractivity contribution in [3.8, 4) is 5.88 Å². The fourth-order valence-corrected chi connectivity index (χ4v) is 4.21. The van der Waals surface area contributed by atoms with Crippen LogP contribution in [0.25, 0.3) is 10.9 Å². The van der Waals surface area contributed by atoms with Gasteiger partial charge >= 0.3 is 0 Å². The lowest BCUT2D eigenvalue weighted by atomic mass is 10.1. The quantitative estimate of drug-likeness (QED) is 0.415. The summed E-state index contributed by atoms with van der Waals surface area (Å²) in [6.07, 6.45) is 3.58. The number of hydrogen-bond acceptors (Lipinski definition) is 4. The molecule has 4 rings (SSSR count). The molecular weight excluding hydrogens is 500 g/mol. The minimum Gasteiger partial charge on any atom is -0.493 e. The topological polar surface area (TPSA) is 70.2 Å². The number of azo groups is 1. The second kappa shape index (κ2) is 8.77. The van der Waals surface area contributed by atoms with Gasteiger partial charge in [0.15, 0.2) is 5.69 Å². The van der Waals surface area contributed by atoms with Gasteiger partial charge in [0.2, 0.25) is 5.88 Å². The summed E-state index contributed by atoms with van der Waals surface area (Å²) < 4.78 is 3.59. The molecule has 1 fully saturated rings. The molecule has 0 saturated carbocycles. The molecule has 0 spiro atoms. The number of hydrogen-bond donors (Lipinski definition) is 1. The van der Waals surface area contributed by atoms with Gasteiger partial charge in [0, 0.05) is 19.9 Å². The van der Waals surface area contributed by atoms with Crippen LogP contribution in [-0.2, 0) is 6.67 Å². The molecular formula is C21H20Br2N4O2. The first-order valence-corrected chi connectivity index (χ1v) is 11.1. The Kier molecular flexibility index (Phi) is 6.12. The van der Waals surface area contributed by atoms with Crippen LogP contribution >= 0.6 is 31.9 Å². The number of fused-ring (bicyclic) bond motifs is 1.